The van der Waals surface area contributed by atoms with E-state index in [0.717, 1.165) is 0 Å². The Hall–Kier alpha value is -0.540. The number of hydrogen-bond donors (Lipinski definition) is 3. The molecule has 0 saturated carbocycles. The molecule has 0 aliphatic rings. The Labute approximate surface area is 49.9 Å². The molecule has 48 valence electrons. The number of hydrogen-bond acceptors (Lipinski definition) is 3. The lowest BCUT2D eigenvalue weighted by atomic mass is 10.5. The van der Waals surface area contributed by atoms with Crippen LogP contribution < -0.4 is 16.4 Å². The maximum Gasteiger partial charge on any atom is 0.0753 e. The van der Waals surface area contributed by atoms with Crippen LogP contribution in [0, 0.1) is 0 Å². The molecule has 1 unspecified atom stereocenters. The molecule has 0 bridgehead atoms. The highest BCUT2D eigenvalue weighted by molar-refractivity contribution is 4.86. The molecular formula is C5H13N3. The van der Waals surface area contributed by atoms with Gasteiger partial charge in [-0.05, 0) is 19.3 Å². The smallest absolute Gasteiger partial charge is 0.0753 e. The average Bonchev–Trinajstić information content (AvgIpc) is 1.83. The molecule has 0 rings (SSSR count). The molecule has 1 atom stereocenters. The minimum absolute atomic E-state index is 0.0394. The molecule has 3 heteroatoms. The molecule has 4 N–H and O–H groups in total. The van der Waals surface area contributed by atoms with Crippen LogP contribution in [0.25, 0.3) is 0 Å². The van der Waals surface area contributed by atoms with Gasteiger partial charge in [0.15, 0.2) is 0 Å². The van der Waals surface area contributed by atoms with Gasteiger partial charge in [-0.15, -0.1) is 0 Å². The van der Waals surface area contributed by atoms with Crippen molar-refractivity contribution in [3.05, 3.63) is 12.3 Å². The van der Waals surface area contributed by atoms with Crippen LogP contribution in [0.15, 0.2) is 12.3 Å². The standard InChI is InChI=1S/C5H13N3/c1-7-4-3-5(6)8-2/h3-5,7-8H,6H2,1-2H3. The predicted molar refractivity (Wildman–Crippen MR) is 35.2 cm³/mol. The Morgan fingerprint density at radius 1 is 1.50 bits per heavy atom. The van der Waals surface area contributed by atoms with Gasteiger partial charge in [0.2, 0.25) is 0 Å². The monoisotopic (exact) mass is 115 g/mol. The van der Waals surface area contributed by atoms with Crippen molar-refractivity contribution in [1.82, 2.24) is 10.6 Å². The zero-order valence-electron chi connectivity index (χ0n) is 5.31. The first-order valence-electron chi connectivity index (χ1n) is 2.58. The fourth-order valence-electron chi connectivity index (χ4n) is 0.296. The van der Waals surface area contributed by atoms with E-state index in [1.807, 2.05) is 20.2 Å². The fraction of sp³-hybridized carbons (Fsp3) is 0.600. The highest BCUT2D eigenvalue weighted by Crippen LogP contribution is 1.69. The summed E-state index contributed by atoms with van der Waals surface area (Å²) in [5.74, 6) is 0. The summed E-state index contributed by atoms with van der Waals surface area (Å²) >= 11 is 0. The van der Waals surface area contributed by atoms with Crippen molar-refractivity contribution in [2.24, 2.45) is 5.73 Å². The van der Waals surface area contributed by atoms with Gasteiger partial charge in [-0.25, -0.2) is 0 Å². The topological polar surface area (TPSA) is 50.1 Å². The van der Waals surface area contributed by atoms with E-state index in [0.29, 0.717) is 0 Å². The van der Waals surface area contributed by atoms with E-state index in [1.54, 1.807) is 6.20 Å². The molecule has 0 heterocycles. The normalized spacial score (nSPS) is 14.4. The molecule has 8 heavy (non-hydrogen) atoms. The quantitative estimate of drug-likeness (QED) is 0.423. The molecule has 0 aliphatic carbocycles. The van der Waals surface area contributed by atoms with Crippen molar-refractivity contribution in [3.63, 3.8) is 0 Å². The lowest BCUT2D eigenvalue weighted by Gasteiger charge is -2.01. The summed E-state index contributed by atoms with van der Waals surface area (Å²) in [5, 5.41) is 5.68. The molecule has 0 aromatic rings. The summed E-state index contributed by atoms with van der Waals surface area (Å²) < 4.78 is 0. The molecule has 0 spiro atoms. The van der Waals surface area contributed by atoms with Crippen LogP contribution in [-0.2, 0) is 0 Å². The second-order valence-electron chi connectivity index (χ2n) is 1.46. The molecule has 0 saturated heterocycles. The number of nitrogens with one attached hydrogen (secondary N) is 2. The second-order valence-corrected chi connectivity index (χ2v) is 1.46. The first kappa shape index (κ1) is 7.46. The lowest BCUT2D eigenvalue weighted by Crippen LogP contribution is -2.32. The zero-order valence-corrected chi connectivity index (χ0v) is 5.31. The van der Waals surface area contributed by atoms with Crippen LogP contribution >= 0.6 is 0 Å². The van der Waals surface area contributed by atoms with E-state index < -0.39 is 0 Å². The van der Waals surface area contributed by atoms with Gasteiger partial charge >= 0.3 is 0 Å². The number of likely N-dealkylation sites (N-methyl/N-ethyl adjacent to an activating group) is 1. The second kappa shape index (κ2) is 4.61. The zero-order chi connectivity index (χ0) is 6.41. The SMILES string of the molecule is CNC=CC(N)NC. The first-order valence-corrected chi connectivity index (χ1v) is 2.58. The van der Waals surface area contributed by atoms with Crippen molar-refractivity contribution < 1.29 is 0 Å². The van der Waals surface area contributed by atoms with Gasteiger partial charge in [0, 0.05) is 7.05 Å². The minimum Gasteiger partial charge on any atom is -0.394 e. The Morgan fingerprint density at radius 3 is 2.50 bits per heavy atom. The van der Waals surface area contributed by atoms with Gasteiger partial charge in [0.1, 0.15) is 0 Å². The fourth-order valence-corrected chi connectivity index (χ4v) is 0.296. The van der Waals surface area contributed by atoms with E-state index in [-0.39, 0.29) is 6.17 Å². The molecule has 0 aromatic heterocycles. The van der Waals surface area contributed by atoms with Crippen LogP contribution in [0.1, 0.15) is 0 Å². The summed E-state index contributed by atoms with van der Waals surface area (Å²) in [6.07, 6.45) is 3.59. The van der Waals surface area contributed by atoms with E-state index >= 15 is 0 Å². The maximum atomic E-state index is 5.42. The highest BCUT2D eigenvalue weighted by Gasteiger charge is 1.84. The van der Waals surface area contributed by atoms with Gasteiger partial charge < -0.3 is 16.4 Å². The van der Waals surface area contributed by atoms with Crippen LogP contribution in [-0.4, -0.2) is 20.3 Å². The molecule has 0 aromatic carbocycles. The number of nitrogens with two attached hydrogens (primary N) is 1. The largest absolute Gasteiger partial charge is 0.394 e. The minimum atomic E-state index is -0.0394. The summed E-state index contributed by atoms with van der Waals surface area (Å²) in [6.45, 7) is 0. The maximum absolute atomic E-state index is 5.42. The lowest BCUT2D eigenvalue weighted by molar-refractivity contribution is 0.695. The average molecular weight is 115 g/mol. The van der Waals surface area contributed by atoms with E-state index in [9.17, 15) is 0 Å². The van der Waals surface area contributed by atoms with Crippen molar-refractivity contribution in [3.8, 4) is 0 Å². The van der Waals surface area contributed by atoms with Crippen LogP contribution in [0.3, 0.4) is 0 Å². The summed E-state index contributed by atoms with van der Waals surface area (Å²) in [5.41, 5.74) is 5.42. The van der Waals surface area contributed by atoms with Gasteiger partial charge in [0.05, 0.1) is 6.17 Å². The Bertz CT molecular complexity index is 70.1. The van der Waals surface area contributed by atoms with E-state index in [1.165, 1.54) is 0 Å². The van der Waals surface area contributed by atoms with Gasteiger partial charge in [-0.2, -0.15) is 0 Å². The van der Waals surface area contributed by atoms with Crippen LogP contribution in [0.5, 0.6) is 0 Å². The third-order valence-corrected chi connectivity index (χ3v) is 0.804. The van der Waals surface area contributed by atoms with Crippen molar-refractivity contribution in [1.29, 1.82) is 0 Å². The Morgan fingerprint density at radius 2 is 2.12 bits per heavy atom. The van der Waals surface area contributed by atoms with Gasteiger partial charge in [0.25, 0.3) is 0 Å². The van der Waals surface area contributed by atoms with E-state index in [4.69, 9.17) is 5.73 Å². The summed E-state index contributed by atoms with van der Waals surface area (Å²) in [7, 11) is 3.64. The third-order valence-electron chi connectivity index (χ3n) is 0.804. The van der Waals surface area contributed by atoms with Crippen molar-refractivity contribution in [2.75, 3.05) is 14.1 Å². The first-order chi connectivity index (χ1) is 3.81. The van der Waals surface area contributed by atoms with Crippen molar-refractivity contribution >= 4 is 0 Å². The molecule has 0 amide bonds. The molecule has 0 aliphatic heterocycles. The molecule has 0 radical (unpaired) electrons. The Balaban J connectivity index is 3.21. The van der Waals surface area contributed by atoms with Gasteiger partial charge in [-0.1, -0.05) is 0 Å². The van der Waals surface area contributed by atoms with Crippen LogP contribution in [0.4, 0.5) is 0 Å². The van der Waals surface area contributed by atoms with Gasteiger partial charge in [-0.3, -0.25) is 0 Å². The molecule has 0 fully saturated rings. The Kier molecular flexibility index (Phi) is 4.30. The molecular weight excluding hydrogens is 102 g/mol. The number of rotatable bonds is 3. The summed E-state index contributed by atoms with van der Waals surface area (Å²) in [4.78, 5) is 0. The highest BCUT2D eigenvalue weighted by atomic mass is 15.0. The predicted octanol–water partition coefficient (Wildman–Crippen LogP) is -0.776. The molecule has 3 nitrogen and oxygen atoms in total. The van der Waals surface area contributed by atoms with Crippen LogP contribution in [0.2, 0.25) is 0 Å². The van der Waals surface area contributed by atoms with E-state index in [2.05, 4.69) is 10.6 Å². The van der Waals surface area contributed by atoms with Crippen molar-refractivity contribution in [2.45, 2.75) is 6.17 Å². The summed E-state index contributed by atoms with van der Waals surface area (Å²) in [6, 6.07) is 0. The third kappa shape index (κ3) is 3.64.